The van der Waals surface area contributed by atoms with Crippen molar-refractivity contribution in [3.05, 3.63) is 69.7 Å². The fraction of sp³-hybridized carbons (Fsp3) is 0.250. The zero-order chi connectivity index (χ0) is 14.5. The van der Waals surface area contributed by atoms with E-state index < -0.39 is 17.7 Å². The van der Waals surface area contributed by atoms with Gasteiger partial charge in [0.05, 0.1) is 6.04 Å². The molecule has 0 bridgehead atoms. The van der Waals surface area contributed by atoms with Gasteiger partial charge in [0.2, 0.25) is 0 Å². The van der Waals surface area contributed by atoms with Crippen molar-refractivity contribution in [2.45, 2.75) is 19.4 Å². The second-order valence-electron chi connectivity index (χ2n) is 4.58. The SMILES string of the molecule is CCCNC(c1ccccc1)c1c(F)cc(Br)cc1F. The van der Waals surface area contributed by atoms with Crippen LogP contribution in [0.2, 0.25) is 0 Å². The zero-order valence-corrected chi connectivity index (χ0v) is 12.8. The molecule has 0 amide bonds. The van der Waals surface area contributed by atoms with Crippen LogP contribution in [0.25, 0.3) is 0 Å². The summed E-state index contributed by atoms with van der Waals surface area (Å²) in [6.07, 6.45) is 0.892. The first kappa shape index (κ1) is 15.1. The molecule has 0 fully saturated rings. The smallest absolute Gasteiger partial charge is 0.132 e. The Labute approximate surface area is 126 Å². The predicted octanol–water partition coefficient (Wildman–Crippen LogP) is 4.82. The van der Waals surface area contributed by atoms with Crippen molar-refractivity contribution < 1.29 is 8.78 Å². The minimum Gasteiger partial charge on any atom is -0.306 e. The number of halogens is 3. The van der Waals surface area contributed by atoms with E-state index in [0.717, 1.165) is 12.0 Å². The lowest BCUT2D eigenvalue weighted by Crippen LogP contribution is -2.25. The normalized spacial score (nSPS) is 12.4. The largest absolute Gasteiger partial charge is 0.306 e. The van der Waals surface area contributed by atoms with Crippen LogP contribution in [0.4, 0.5) is 8.78 Å². The number of nitrogens with one attached hydrogen (secondary N) is 1. The van der Waals surface area contributed by atoms with Gasteiger partial charge in [-0.25, -0.2) is 8.78 Å². The molecule has 2 aromatic rings. The summed E-state index contributed by atoms with van der Waals surface area (Å²) in [4.78, 5) is 0. The van der Waals surface area contributed by atoms with Crippen molar-refractivity contribution in [1.82, 2.24) is 5.32 Å². The summed E-state index contributed by atoms with van der Waals surface area (Å²) in [5, 5.41) is 3.21. The van der Waals surface area contributed by atoms with Crippen LogP contribution in [0, 0.1) is 11.6 Å². The molecule has 0 aliphatic carbocycles. The molecular weight excluding hydrogens is 324 g/mol. The Balaban J connectivity index is 2.47. The Morgan fingerprint density at radius 1 is 1.10 bits per heavy atom. The van der Waals surface area contributed by atoms with E-state index in [1.165, 1.54) is 12.1 Å². The maximum Gasteiger partial charge on any atom is 0.132 e. The first-order chi connectivity index (χ1) is 9.63. The summed E-state index contributed by atoms with van der Waals surface area (Å²) < 4.78 is 28.7. The van der Waals surface area contributed by atoms with Crippen molar-refractivity contribution in [3.63, 3.8) is 0 Å². The van der Waals surface area contributed by atoms with E-state index in [2.05, 4.69) is 21.2 Å². The molecule has 106 valence electrons. The fourth-order valence-electron chi connectivity index (χ4n) is 2.15. The molecule has 20 heavy (non-hydrogen) atoms. The van der Waals surface area contributed by atoms with Gasteiger partial charge in [-0.05, 0) is 30.7 Å². The van der Waals surface area contributed by atoms with Gasteiger partial charge in [0.1, 0.15) is 11.6 Å². The van der Waals surface area contributed by atoms with E-state index in [9.17, 15) is 8.78 Å². The van der Waals surface area contributed by atoms with Gasteiger partial charge in [0, 0.05) is 10.0 Å². The second kappa shape index (κ2) is 6.95. The lowest BCUT2D eigenvalue weighted by atomic mass is 9.97. The third-order valence-electron chi connectivity index (χ3n) is 3.06. The Morgan fingerprint density at radius 3 is 2.25 bits per heavy atom. The Morgan fingerprint density at radius 2 is 1.70 bits per heavy atom. The van der Waals surface area contributed by atoms with Crippen molar-refractivity contribution in [2.24, 2.45) is 0 Å². The third-order valence-corrected chi connectivity index (χ3v) is 3.52. The summed E-state index contributed by atoms with van der Waals surface area (Å²) in [5.41, 5.74) is 0.911. The molecule has 0 aliphatic rings. The lowest BCUT2D eigenvalue weighted by molar-refractivity contribution is 0.502. The first-order valence-corrected chi connectivity index (χ1v) is 7.35. The van der Waals surface area contributed by atoms with E-state index in [0.29, 0.717) is 11.0 Å². The molecular formula is C16H16BrF2N. The maximum atomic E-state index is 14.2. The minimum absolute atomic E-state index is 0.0628. The van der Waals surface area contributed by atoms with Crippen LogP contribution in [0.3, 0.4) is 0 Å². The summed E-state index contributed by atoms with van der Waals surface area (Å²) in [6.45, 7) is 2.71. The summed E-state index contributed by atoms with van der Waals surface area (Å²) in [5.74, 6) is -1.09. The molecule has 0 aromatic heterocycles. The molecule has 1 unspecified atom stereocenters. The van der Waals surface area contributed by atoms with E-state index in [-0.39, 0.29) is 5.56 Å². The lowest BCUT2D eigenvalue weighted by Gasteiger charge is -2.21. The van der Waals surface area contributed by atoms with Gasteiger partial charge in [0.15, 0.2) is 0 Å². The molecule has 0 saturated heterocycles. The molecule has 0 heterocycles. The molecule has 0 spiro atoms. The summed E-state index contributed by atoms with van der Waals surface area (Å²) in [7, 11) is 0. The fourth-order valence-corrected chi connectivity index (χ4v) is 2.55. The van der Waals surface area contributed by atoms with Crippen molar-refractivity contribution in [1.29, 1.82) is 0 Å². The van der Waals surface area contributed by atoms with E-state index in [4.69, 9.17) is 0 Å². The van der Waals surface area contributed by atoms with E-state index in [1.54, 1.807) is 0 Å². The van der Waals surface area contributed by atoms with Gasteiger partial charge in [-0.1, -0.05) is 53.2 Å². The van der Waals surface area contributed by atoms with Crippen LogP contribution in [0.15, 0.2) is 46.9 Å². The number of benzene rings is 2. The van der Waals surface area contributed by atoms with Gasteiger partial charge >= 0.3 is 0 Å². The third kappa shape index (κ3) is 3.44. The second-order valence-corrected chi connectivity index (χ2v) is 5.50. The van der Waals surface area contributed by atoms with E-state index in [1.807, 2.05) is 37.3 Å². The molecule has 2 aromatic carbocycles. The Hall–Kier alpha value is -1.26. The van der Waals surface area contributed by atoms with Crippen LogP contribution in [-0.4, -0.2) is 6.54 Å². The molecule has 1 N–H and O–H groups in total. The molecule has 1 nitrogen and oxygen atoms in total. The molecule has 4 heteroatoms. The quantitative estimate of drug-likeness (QED) is 0.823. The summed E-state index contributed by atoms with van der Waals surface area (Å²) >= 11 is 3.10. The molecule has 0 aliphatic heterocycles. The standard InChI is InChI=1S/C16H16BrF2N/c1-2-8-20-16(11-6-4-3-5-7-11)15-13(18)9-12(17)10-14(15)19/h3-7,9-10,16,20H,2,8H2,1H3. The molecule has 2 rings (SSSR count). The average molecular weight is 340 g/mol. The average Bonchev–Trinajstić information content (AvgIpc) is 2.42. The Bertz CT molecular complexity index is 549. The van der Waals surface area contributed by atoms with Crippen molar-refractivity contribution >= 4 is 15.9 Å². The van der Waals surface area contributed by atoms with Crippen LogP contribution < -0.4 is 5.32 Å². The highest BCUT2D eigenvalue weighted by atomic mass is 79.9. The monoisotopic (exact) mass is 339 g/mol. The van der Waals surface area contributed by atoms with Crippen LogP contribution >= 0.6 is 15.9 Å². The zero-order valence-electron chi connectivity index (χ0n) is 11.2. The first-order valence-electron chi connectivity index (χ1n) is 6.56. The molecule has 0 radical (unpaired) electrons. The number of hydrogen-bond acceptors (Lipinski definition) is 1. The van der Waals surface area contributed by atoms with E-state index >= 15 is 0 Å². The van der Waals surface area contributed by atoms with Crippen molar-refractivity contribution in [2.75, 3.05) is 6.54 Å². The highest BCUT2D eigenvalue weighted by molar-refractivity contribution is 9.10. The number of hydrogen-bond donors (Lipinski definition) is 1. The van der Waals surface area contributed by atoms with Crippen LogP contribution in [-0.2, 0) is 0 Å². The Kier molecular flexibility index (Phi) is 5.26. The van der Waals surface area contributed by atoms with Gasteiger partial charge in [-0.2, -0.15) is 0 Å². The van der Waals surface area contributed by atoms with Gasteiger partial charge < -0.3 is 5.32 Å². The van der Waals surface area contributed by atoms with Crippen molar-refractivity contribution in [3.8, 4) is 0 Å². The summed E-state index contributed by atoms with van der Waals surface area (Å²) in [6, 6.07) is 11.5. The molecule has 0 saturated carbocycles. The minimum atomic E-state index is -0.547. The van der Waals surface area contributed by atoms with Crippen LogP contribution in [0.1, 0.15) is 30.5 Å². The maximum absolute atomic E-state index is 14.2. The molecule has 1 atom stereocenters. The van der Waals surface area contributed by atoms with Gasteiger partial charge in [-0.15, -0.1) is 0 Å². The number of rotatable bonds is 5. The topological polar surface area (TPSA) is 12.0 Å². The van der Waals surface area contributed by atoms with Gasteiger partial charge in [-0.3, -0.25) is 0 Å². The van der Waals surface area contributed by atoms with Gasteiger partial charge in [0.25, 0.3) is 0 Å². The highest BCUT2D eigenvalue weighted by Gasteiger charge is 2.21. The predicted molar refractivity (Wildman–Crippen MR) is 80.6 cm³/mol. The van der Waals surface area contributed by atoms with Crippen LogP contribution in [0.5, 0.6) is 0 Å². The highest BCUT2D eigenvalue weighted by Crippen LogP contribution is 2.29.